The SMILES string of the molecule is Cc1nn(C)c(C)c1C(C)NC(=O)c1cc(-n2cccn2)ccc1Cl. The Morgan fingerprint density at radius 2 is 2.08 bits per heavy atom. The monoisotopic (exact) mass is 357 g/mol. The van der Waals surface area contributed by atoms with Crippen LogP contribution in [0.5, 0.6) is 0 Å². The Hall–Kier alpha value is -2.60. The molecular formula is C18H20ClN5O. The van der Waals surface area contributed by atoms with Gasteiger partial charge >= 0.3 is 0 Å². The molecule has 7 heteroatoms. The number of aryl methyl sites for hydroxylation is 2. The molecule has 1 amide bonds. The van der Waals surface area contributed by atoms with Gasteiger partial charge in [-0.15, -0.1) is 0 Å². The maximum atomic E-state index is 12.7. The van der Waals surface area contributed by atoms with Crippen LogP contribution in [0, 0.1) is 13.8 Å². The molecule has 1 atom stereocenters. The van der Waals surface area contributed by atoms with Crippen LogP contribution < -0.4 is 5.32 Å². The Morgan fingerprint density at radius 1 is 1.32 bits per heavy atom. The van der Waals surface area contributed by atoms with E-state index in [4.69, 9.17) is 11.6 Å². The van der Waals surface area contributed by atoms with Crippen LogP contribution in [0.2, 0.25) is 5.02 Å². The first kappa shape index (κ1) is 17.2. The van der Waals surface area contributed by atoms with Crippen molar-refractivity contribution in [3.63, 3.8) is 0 Å². The fourth-order valence-electron chi connectivity index (χ4n) is 3.01. The molecular weight excluding hydrogens is 338 g/mol. The van der Waals surface area contributed by atoms with Crippen molar-refractivity contribution in [2.75, 3.05) is 0 Å². The van der Waals surface area contributed by atoms with Crippen LogP contribution in [0.3, 0.4) is 0 Å². The molecule has 0 aliphatic heterocycles. The average molecular weight is 358 g/mol. The zero-order valence-electron chi connectivity index (χ0n) is 14.6. The minimum atomic E-state index is -0.228. The molecule has 130 valence electrons. The molecule has 0 aliphatic rings. The average Bonchev–Trinajstić information content (AvgIpc) is 3.17. The number of hydrogen-bond donors (Lipinski definition) is 1. The molecule has 2 heterocycles. The molecule has 2 aromatic heterocycles. The van der Waals surface area contributed by atoms with E-state index in [-0.39, 0.29) is 11.9 Å². The Labute approximate surface area is 151 Å². The highest BCUT2D eigenvalue weighted by Crippen LogP contribution is 2.23. The Bertz CT molecular complexity index is 914. The van der Waals surface area contributed by atoms with Gasteiger partial charge in [0.25, 0.3) is 5.91 Å². The quantitative estimate of drug-likeness (QED) is 0.778. The molecule has 1 unspecified atom stereocenters. The minimum absolute atomic E-state index is 0.175. The highest BCUT2D eigenvalue weighted by atomic mass is 35.5. The van der Waals surface area contributed by atoms with Crippen LogP contribution >= 0.6 is 11.6 Å². The van der Waals surface area contributed by atoms with Crippen molar-refractivity contribution in [1.29, 1.82) is 0 Å². The standard InChI is InChI=1S/C18H20ClN5O/c1-11(17-12(2)22-23(4)13(17)3)21-18(25)15-10-14(6-7-16(15)19)24-9-5-8-20-24/h5-11H,1-4H3,(H,21,25). The van der Waals surface area contributed by atoms with E-state index in [0.29, 0.717) is 10.6 Å². The number of carbonyl (C=O) groups is 1. The third-order valence-electron chi connectivity index (χ3n) is 4.31. The van der Waals surface area contributed by atoms with Gasteiger partial charge in [-0.1, -0.05) is 11.6 Å². The van der Waals surface area contributed by atoms with E-state index in [1.807, 2.05) is 50.8 Å². The van der Waals surface area contributed by atoms with Gasteiger partial charge < -0.3 is 5.32 Å². The van der Waals surface area contributed by atoms with Gasteiger partial charge in [0.05, 0.1) is 28.0 Å². The fourth-order valence-corrected chi connectivity index (χ4v) is 3.22. The maximum Gasteiger partial charge on any atom is 0.253 e. The smallest absolute Gasteiger partial charge is 0.253 e. The van der Waals surface area contributed by atoms with Crippen molar-refractivity contribution >= 4 is 17.5 Å². The number of hydrogen-bond acceptors (Lipinski definition) is 3. The second-order valence-corrected chi connectivity index (χ2v) is 6.43. The minimum Gasteiger partial charge on any atom is -0.345 e. The van der Waals surface area contributed by atoms with Crippen LogP contribution in [0.4, 0.5) is 0 Å². The van der Waals surface area contributed by atoms with Crippen molar-refractivity contribution in [2.45, 2.75) is 26.8 Å². The maximum absolute atomic E-state index is 12.7. The molecule has 0 fully saturated rings. The summed E-state index contributed by atoms with van der Waals surface area (Å²) in [5.41, 5.74) is 4.16. The van der Waals surface area contributed by atoms with E-state index in [9.17, 15) is 4.79 Å². The summed E-state index contributed by atoms with van der Waals surface area (Å²) in [6.07, 6.45) is 3.50. The Kier molecular flexibility index (Phi) is 4.63. The third kappa shape index (κ3) is 3.30. The summed E-state index contributed by atoms with van der Waals surface area (Å²) in [5, 5.41) is 12.0. The van der Waals surface area contributed by atoms with E-state index in [0.717, 1.165) is 22.6 Å². The van der Waals surface area contributed by atoms with E-state index in [1.54, 1.807) is 23.0 Å². The molecule has 3 aromatic rings. The number of carbonyl (C=O) groups excluding carboxylic acids is 1. The number of aromatic nitrogens is 4. The van der Waals surface area contributed by atoms with Crippen molar-refractivity contribution in [2.24, 2.45) is 7.05 Å². The number of amides is 1. The Balaban J connectivity index is 1.87. The summed E-state index contributed by atoms with van der Waals surface area (Å²) in [6, 6.07) is 6.92. The number of rotatable bonds is 4. The van der Waals surface area contributed by atoms with Gasteiger partial charge in [0.1, 0.15) is 0 Å². The lowest BCUT2D eigenvalue weighted by molar-refractivity contribution is 0.0940. The van der Waals surface area contributed by atoms with Crippen molar-refractivity contribution in [3.8, 4) is 5.69 Å². The number of benzene rings is 1. The molecule has 1 N–H and O–H groups in total. The molecule has 1 aromatic carbocycles. The number of nitrogens with one attached hydrogen (secondary N) is 1. The normalized spacial score (nSPS) is 12.2. The second kappa shape index (κ2) is 6.72. The highest BCUT2D eigenvalue weighted by Gasteiger charge is 2.20. The van der Waals surface area contributed by atoms with Gasteiger partial charge in [-0.2, -0.15) is 10.2 Å². The predicted octanol–water partition coefficient (Wildman–Crippen LogP) is 3.37. The van der Waals surface area contributed by atoms with Gasteiger partial charge in [-0.3, -0.25) is 9.48 Å². The summed E-state index contributed by atoms with van der Waals surface area (Å²) in [5.74, 6) is -0.228. The summed E-state index contributed by atoms with van der Waals surface area (Å²) >= 11 is 6.24. The first-order valence-electron chi connectivity index (χ1n) is 7.99. The predicted molar refractivity (Wildman–Crippen MR) is 97.1 cm³/mol. The lowest BCUT2D eigenvalue weighted by Gasteiger charge is -2.16. The van der Waals surface area contributed by atoms with Crippen LogP contribution in [0.15, 0.2) is 36.7 Å². The van der Waals surface area contributed by atoms with Gasteiger partial charge in [0, 0.05) is 30.7 Å². The second-order valence-electron chi connectivity index (χ2n) is 6.02. The molecule has 0 spiro atoms. The lowest BCUT2D eigenvalue weighted by Crippen LogP contribution is -2.27. The van der Waals surface area contributed by atoms with E-state index in [2.05, 4.69) is 15.5 Å². The van der Waals surface area contributed by atoms with Crippen LogP contribution in [0.1, 0.15) is 40.3 Å². The van der Waals surface area contributed by atoms with Crippen LogP contribution in [-0.2, 0) is 7.05 Å². The highest BCUT2D eigenvalue weighted by molar-refractivity contribution is 6.33. The molecule has 3 rings (SSSR count). The van der Waals surface area contributed by atoms with E-state index >= 15 is 0 Å². The summed E-state index contributed by atoms with van der Waals surface area (Å²) in [4.78, 5) is 12.7. The third-order valence-corrected chi connectivity index (χ3v) is 4.64. The summed E-state index contributed by atoms with van der Waals surface area (Å²) in [6.45, 7) is 5.87. The molecule has 0 aliphatic carbocycles. The molecule has 25 heavy (non-hydrogen) atoms. The molecule has 6 nitrogen and oxygen atoms in total. The number of nitrogens with zero attached hydrogens (tertiary/aromatic N) is 4. The molecule has 0 saturated heterocycles. The largest absolute Gasteiger partial charge is 0.345 e. The van der Waals surface area contributed by atoms with Gasteiger partial charge in [-0.25, -0.2) is 4.68 Å². The molecule has 0 radical (unpaired) electrons. The van der Waals surface area contributed by atoms with Gasteiger partial charge in [0.2, 0.25) is 0 Å². The van der Waals surface area contributed by atoms with E-state index in [1.165, 1.54) is 0 Å². The molecule has 0 bridgehead atoms. The Morgan fingerprint density at radius 3 is 2.68 bits per heavy atom. The van der Waals surface area contributed by atoms with E-state index < -0.39 is 0 Å². The van der Waals surface area contributed by atoms with Crippen LogP contribution in [-0.4, -0.2) is 25.5 Å². The number of halogens is 1. The first-order chi connectivity index (χ1) is 11.9. The van der Waals surface area contributed by atoms with Crippen molar-refractivity contribution in [1.82, 2.24) is 24.9 Å². The summed E-state index contributed by atoms with van der Waals surface area (Å²) < 4.78 is 3.50. The zero-order chi connectivity index (χ0) is 18.1. The lowest BCUT2D eigenvalue weighted by atomic mass is 10.1. The first-order valence-corrected chi connectivity index (χ1v) is 8.36. The van der Waals surface area contributed by atoms with Crippen molar-refractivity contribution < 1.29 is 4.79 Å². The molecule has 0 saturated carbocycles. The van der Waals surface area contributed by atoms with Crippen molar-refractivity contribution in [3.05, 3.63) is 64.2 Å². The van der Waals surface area contributed by atoms with Crippen LogP contribution in [0.25, 0.3) is 5.69 Å². The fraction of sp³-hybridized carbons (Fsp3) is 0.278. The van der Waals surface area contributed by atoms with Gasteiger partial charge in [0.15, 0.2) is 0 Å². The topological polar surface area (TPSA) is 64.7 Å². The summed E-state index contributed by atoms with van der Waals surface area (Å²) in [7, 11) is 1.89. The van der Waals surface area contributed by atoms with Gasteiger partial charge in [-0.05, 0) is 45.0 Å². The zero-order valence-corrected chi connectivity index (χ0v) is 15.4.